The molecule has 4 aliphatic carbocycles. The fourth-order valence-corrected chi connectivity index (χ4v) is 16.0. The van der Waals surface area contributed by atoms with Crippen molar-refractivity contribution in [2.45, 2.75) is 187 Å². The molecule has 1 aromatic heterocycles. The smallest absolute Gasteiger partial charge is 0.264 e. The van der Waals surface area contributed by atoms with Crippen LogP contribution < -0.4 is 25.5 Å². The second-order valence-corrected chi connectivity index (χ2v) is 29.2. The van der Waals surface area contributed by atoms with Crippen LogP contribution in [0.2, 0.25) is 0 Å². The molecule has 0 unspecified atom stereocenters. The van der Waals surface area contributed by atoms with E-state index in [9.17, 15) is 0 Å². The van der Waals surface area contributed by atoms with E-state index in [1.165, 1.54) is 149 Å². The predicted octanol–water partition coefficient (Wildman–Crippen LogP) is 16.9. The molecular formula is C67H75BN2S. The van der Waals surface area contributed by atoms with Gasteiger partial charge in [-0.05, 0) is 197 Å². The minimum Gasteiger partial charge on any atom is -0.311 e. The van der Waals surface area contributed by atoms with Gasteiger partial charge in [0.1, 0.15) is 0 Å². The summed E-state index contributed by atoms with van der Waals surface area (Å²) in [7, 11) is 0. The Morgan fingerprint density at radius 2 is 1.01 bits per heavy atom. The van der Waals surface area contributed by atoms with E-state index in [2.05, 4.69) is 222 Å². The average Bonchev–Trinajstić information content (AvgIpc) is 3.88. The van der Waals surface area contributed by atoms with Crippen LogP contribution in [0.15, 0.2) is 97.1 Å². The summed E-state index contributed by atoms with van der Waals surface area (Å²) in [5.41, 5.74) is 27.6. The first kappa shape index (κ1) is 45.8. The van der Waals surface area contributed by atoms with Gasteiger partial charge in [-0.3, -0.25) is 0 Å². The Morgan fingerprint density at radius 3 is 1.65 bits per heavy atom. The molecule has 0 atom stereocenters. The number of nitrogens with zero attached hydrogens (tertiary/aromatic N) is 2. The van der Waals surface area contributed by atoms with E-state index < -0.39 is 0 Å². The van der Waals surface area contributed by atoms with Crippen LogP contribution in [0, 0.1) is 0 Å². The van der Waals surface area contributed by atoms with Crippen LogP contribution in [-0.2, 0) is 44.3 Å². The highest BCUT2D eigenvalue weighted by Crippen LogP contribution is 2.57. The summed E-state index contributed by atoms with van der Waals surface area (Å²) in [4.78, 5) is 5.57. The van der Waals surface area contributed by atoms with Gasteiger partial charge in [0.25, 0.3) is 6.71 Å². The molecule has 7 aromatic rings. The highest BCUT2D eigenvalue weighted by atomic mass is 32.1. The van der Waals surface area contributed by atoms with Gasteiger partial charge in [-0.25, -0.2) is 0 Å². The molecule has 0 saturated heterocycles. The van der Waals surface area contributed by atoms with Gasteiger partial charge in [0.2, 0.25) is 0 Å². The third kappa shape index (κ3) is 6.44. The fraction of sp³-hybridized carbons (Fsp3) is 0.433. The highest BCUT2D eigenvalue weighted by molar-refractivity contribution is 7.33. The lowest BCUT2D eigenvalue weighted by Crippen LogP contribution is -2.61. The topological polar surface area (TPSA) is 6.48 Å². The Morgan fingerprint density at radius 1 is 0.479 bits per heavy atom. The van der Waals surface area contributed by atoms with Crippen molar-refractivity contribution in [3.05, 3.63) is 147 Å². The number of anilines is 6. The summed E-state index contributed by atoms with van der Waals surface area (Å²) in [5, 5.41) is 1.42. The molecule has 4 heteroatoms. The van der Waals surface area contributed by atoms with E-state index in [1.807, 2.05) is 0 Å². The van der Waals surface area contributed by atoms with Gasteiger partial charge < -0.3 is 9.80 Å². The molecule has 0 amide bonds. The normalized spacial score (nSPS) is 20.8. The zero-order chi connectivity index (χ0) is 49.9. The van der Waals surface area contributed by atoms with Crippen molar-refractivity contribution >= 4 is 78.0 Å². The molecule has 0 bridgehead atoms. The molecule has 0 spiro atoms. The Balaban J connectivity index is 1.19. The number of hydrogen-bond acceptors (Lipinski definition) is 3. The molecule has 0 fully saturated rings. The predicted molar refractivity (Wildman–Crippen MR) is 309 cm³/mol. The van der Waals surface area contributed by atoms with Crippen molar-refractivity contribution in [2.75, 3.05) is 9.80 Å². The lowest BCUT2D eigenvalue weighted by molar-refractivity contribution is 0.332. The number of benzene rings is 6. The molecule has 71 heavy (non-hydrogen) atoms. The average molecular weight is 951 g/mol. The number of fused-ring (bicyclic) bond motifs is 12. The van der Waals surface area contributed by atoms with Crippen LogP contribution in [0.25, 0.3) is 21.2 Å². The van der Waals surface area contributed by atoms with Crippen molar-refractivity contribution in [3.63, 3.8) is 0 Å². The van der Waals surface area contributed by atoms with Gasteiger partial charge >= 0.3 is 0 Å². The first-order valence-electron chi connectivity index (χ1n) is 27.2. The molecule has 0 N–H and O–H groups in total. The summed E-state index contributed by atoms with van der Waals surface area (Å²) >= 11 is 2.10. The molecular weight excluding hydrogens is 876 g/mol. The number of rotatable bonds is 2. The zero-order valence-electron chi connectivity index (χ0n) is 45.6. The van der Waals surface area contributed by atoms with Gasteiger partial charge in [-0.1, -0.05) is 152 Å². The quantitative estimate of drug-likeness (QED) is 0.159. The maximum Gasteiger partial charge on any atom is 0.264 e. The molecule has 6 aromatic carbocycles. The number of thiophene rings is 1. The lowest BCUT2D eigenvalue weighted by Gasteiger charge is -2.48. The second kappa shape index (κ2) is 14.4. The minimum absolute atomic E-state index is 0.0577. The SMILES string of the molecule is CC(C)(C)c1cc2c3c(c1)N(c1cccc4c1Cc1ccccc1-4)c1c(sc4cc5c(cc14)C(C)(C)CCC5(C)C)B3c1cc3c(cc1N2c1ccc2c(c1)C(C)(C)CCC2(C)C)C(C)(C)CCC3(C)C. The summed E-state index contributed by atoms with van der Waals surface area (Å²) < 4.78 is 2.92. The third-order valence-corrected chi connectivity index (χ3v) is 20.8. The molecule has 0 radical (unpaired) electrons. The molecule has 362 valence electrons. The largest absolute Gasteiger partial charge is 0.311 e. The molecule has 3 heterocycles. The molecule has 13 rings (SSSR count). The van der Waals surface area contributed by atoms with Crippen molar-refractivity contribution in [1.82, 2.24) is 0 Å². The van der Waals surface area contributed by atoms with Crippen molar-refractivity contribution < 1.29 is 0 Å². The van der Waals surface area contributed by atoms with Crippen molar-refractivity contribution in [1.29, 1.82) is 0 Å². The van der Waals surface area contributed by atoms with Gasteiger partial charge in [-0.2, -0.15) is 0 Å². The molecule has 0 saturated carbocycles. The van der Waals surface area contributed by atoms with E-state index in [1.54, 1.807) is 11.1 Å². The number of hydrogen-bond donors (Lipinski definition) is 0. The Labute approximate surface area is 430 Å². The van der Waals surface area contributed by atoms with Crippen LogP contribution in [0.5, 0.6) is 0 Å². The van der Waals surface area contributed by atoms with Crippen LogP contribution >= 0.6 is 11.3 Å². The Hall–Kier alpha value is -5.06. The van der Waals surface area contributed by atoms with Crippen LogP contribution in [0.4, 0.5) is 34.1 Å². The summed E-state index contributed by atoms with van der Waals surface area (Å²) in [5.74, 6) is 0. The second-order valence-electron chi connectivity index (χ2n) is 28.1. The van der Waals surface area contributed by atoms with Gasteiger partial charge in [0, 0.05) is 44.0 Å². The van der Waals surface area contributed by atoms with Crippen molar-refractivity contribution in [3.8, 4) is 11.1 Å². The first-order chi connectivity index (χ1) is 33.3. The van der Waals surface area contributed by atoms with Crippen LogP contribution in [-0.4, -0.2) is 6.71 Å². The van der Waals surface area contributed by atoms with E-state index >= 15 is 0 Å². The van der Waals surface area contributed by atoms with Crippen LogP contribution in [0.1, 0.15) is 192 Å². The highest BCUT2D eigenvalue weighted by Gasteiger charge is 2.50. The molecule has 6 aliphatic rings. The zero-order valence-corrected chi connectivity index (χ0v) is 46.4. The molecule has 2 nitrogen and oxygen atoms in total. The van der Waals surface area contributed by atoms with E-state index in [4.69, 9.17) is 0 Å². The Kier molecular flexibility index (Phi) is 9.27. The third-order valence-electron chi connectivity index (χ3n) is 19.6. The van der Waals surface area contributed by atoms with Crippen LogP contribution in [0.3, 0.4) is 0 Å². The van der Waals surface area contributed by atoms with E-state index in [0.717, 1.165) is 6.42 Å². The van der Waals surface area contributed by atoms with Gasteiger partial charge in [0.05, 0.1) is 11.4 Å². The molecule has 2 aliphatic heterocycles. The lowest BCUT2D eigenvalue weighted by atomic mass is 9.35. The fourth-order valence-electron chi connectivity index (χ4n) is 14.6. The first-order valence-corrected chi connectivity index (χ1v) is 28.0. The summed E-state index contributed by atoms with van der Waals surface area (Å²) in [6, 6.07) is 40.1. The minimum atomic E-state index is -0.108. The van der Waals surface area contributed by atoms with Gasteiger partial charge in [0.15, 0.2) is 0 Å². The Bertz CT molecular complexity index is 3470. The van der Waals surface area contributed by atoms with E-state index in [0.29, 0.717) is 0 Å². The van der Waals surface area contributed by atoms with Crippen molar-refractivity contribution in [2.24, 2.45) is 0 Å². The summed E-state index contributed by atoms with van der Waals surface area (Å²) in [6.45, 7) is 37.3. The van der Waals surface area contributed by atoms with E-state index in [-0.39, 0.29) is 44.6 Å². The summed E-state index contributed by atoms with van der Waals surface area (Å²) in [6.07, 6.45) is 8.10. The monoisotopic (exact) mass is 951 g/mol. The maximum atomic E-state index is 2.81. The standard InChI is InChI=1S/C67H75BN2S/c1-61(2,3)40-32-55-58-56(33-40)70(53-22-18-21-43-42-20-17-16-19-39(42)31-44(43)53)59-45-35-48-51(67(14,15)30-27-64(48,8)9)38-57(45)71-60(59)68(58)52-36-49-50(66(12,13)29-28-65(49,10)11)37-54(52)69(55)41-23-24-46-47(34-41)63(6,7)26-25-62(46,4)5/h16-24,32-38H,25-31H2,1-15H3. The van der Waals surface area contributed by atoms with Gasteiger partial charge in [-0.15, -0.1) is 11.3 Å². The maximum absolute atomic E-state index is 2.81.